The molecule has 4 rings (SSSR count). The number of benzene rings is 2. The van der Waals surface area contributed by atoms with Gasteiger partial charge in [-0.1, -0.05) is 25.4 Å². The summed E-state index contributed by atoms with van der Waals surface area (Å²) in [4.78, 5) is 20.8. The summed E-state index contributed by atoms with van der Waals surface area (Å²) in [6.07, 6.45) is 2.01. The molecular weight excluding hydrogens is 418 g/mol. The zero-order valence-corrected chi connectivity index (χ0v) is 18.6. The third kappa shape index (κ3) is 4.78. The average molecular weight is 444 g/mol. The molecule has 3 aromatic rings. The molecule has 1 aliphatic rings. The van der Waals surface area contributed by atoms with E-state index in [1.807, 2.05) is 32.0 Å². The molecule has 1 fully saturated rings. The van der Waals surface area contributed by atoms with E-state index in [9.17, 15) is 4.79 Å². The number of imidazole rings is 1. The molecule has 0 saturated carbocycles. The Morgan fingerprint density at radius 3 is 2.90 bits per heavy atom. The summed E-state index contributed by atoms with van der Waals surface area (Å²) < 4.78 is 16.8. The van der Waals surface area contributed by atoms with Gasteiger partial charge < -0.3 is 24.5 Å². The van der Waals surface area contributed by atoms with Gasteiger partial charge in [-0.05, 0) is 49.1 Å². The molecule has 7 nitrogen and oxygen atoms in total. The number of halogens is 1. The zero-order chi connectivity index (χ0) is 22.0. The van der Waals surface area contributed by atoms with Crippen molar-refractivity contribution in [2.45, 2.75) is 32.8 Å². The number of fused-ring (bicyclic) bond motifs is 1. The molecule has 2 heterocycles. The van der Waals surface area contributed by atoms with E-state index in [0.717, 1.165) is 36.3 Å². The highest BCUT2D eigenvalue weighted by Gasteiger charge is 2.21. The van der Waals surface area contributed by atoms with Crippen molar-refractivity contribution in [3.8, 4) is 11.5 Å². The molecule has 0 spiro atoms. The van der Waals surface area contributed by atoms with Gasteiger partial charge >= 0.3 is 0 Å². The van der Waals surface area contributed by atoms with Crippen LogP contribution in [0.5, 0.6) is 11.5 Å². The van der Waals surface area contributed by atoms with Crippen LogP contribution in [0.3, 0.4) is 0 Å². The minimum Gasteiger partial charge on any atom is -0.493 e. The van der Waals surface area contributed by atoms with Crippen LogP contribution in [0.2, 0.25) is 5.02 Å². The van der Waals surface area contributed by atoms with Crippen molar-refractivity contribution < 1.29 is 19.0 Å². The Morgan fingerprint density at radius 2 is 2.19 bits per heavy atom. The maximum Gasteiger partial charge on any atom is 0.255 e. The Kier molecular flexibility index (Phi) is 6.34. The minimum atomic E-state index is -0.297. The summed E-state index contributed by atoms with van der Waals surface area (Å²) in [7, 11) is 1.52. The second kappa shape index (κ2) is 9.16. The Labute approximate surface area is 186 Å². The van der Waals surface area contributed by atoms with E-state index in [4.69, 9.17) is 25.8 Å². The molecule has 1 saturated heterocycles. The Bertz CT molecular complexity index is 1090. The lowest BCUT2D eigenvalue weighted by atomic mass is 10.1. The summed E-state index contributed by atoms with van der Waals surface area (Å²) in [6, 6.07) is 8.76. The van der Waals surface area contributed by atoms with Crippen LogP contribution < -0.4 is 14.8 Å². The van der Waals surface area contributed by atoms with Crippen molar-refractivity contribution in [1.29, 1.82) is 0 Å². The first-order valence-corrected chi connectivity index (χ1v) is 10.8. The van der Waals surface area contributed by atoms with Gasteiger partial charge in [-0.25, -0.2) is 4.98 Å². The van der Waals surface area contributed by atoms with Crippen molar-refractivity contribution in [2.75, 3.05) is 25.6 Å². The van der Waals surface area contributed by atoms with Crippen molar-refractivity contribution >= 4 is 34.2 Å². The average Bonchev–Trinajstić information content (AvgIpc) is 3.41. The van der Waals surface area contributed by atoms with E-state index >= 15 is 0 Å². The third-order valence-corrected chi connectivity index (χ3v) is 5.33. The van der Waals surface area contributed by atoms with Gasteiger partial charge in [0.25, 0.3) is 5.91 Å². The minimum absolute atomic E-state index is 0.0106. The lowest BCUT2D eigenvalue weighted by Gasteiger charge is -2.15. The molecule has 2 N–H and O–H groups in total. The van der Waals surface area contributed by atoms with Crippen molar-refractivity contribution in [3.63, 3.8) is 0 Å². The van der Waals surface area contributed by atoms with Gasteiger partial charge in [-0.3, -0.25) is 4.79 Å². The fourth-order valence-corrected chi connectivity index (χ4v) is 3.76. The fraction of sp³-hybridized carbons (Fsp3) is 0.391. The molecule has 1 unspecified atom stereocenters. The summed E-state index contributed by atoms with van der Waals surface area (Å²) in [6.45, 7) is 5.35. The maximum atomic E-state index is 12.9. The van der Waals surface area contributed by atoms with Crippen LogP contribution >= 0.6 is 11.6 Å². The number of hydrogen-bond acceptors (Lipinski definition) is 5. The summed E-state index contributed by atoms with van der Waals surface area (Å²) >= 11 is 6.38. The number of rotatable bonds is 7. The molecule has 0 aliphatic carbocycles. The second-order valence-electron chi connectivity index (χ2n) is 8.00. The van der Waals surface area contributed by atoms with E-state index in [1.165, 1.54) is 7.11 Å². The molecule has 0 bridgehead atoms. The number of ether oxygens (including phenoxy) is 3. The number of nitrogens with one attached hydrogen (secondary N) is 2. The quantitative estimate of drug-likeness (QED) is 0.513. The Morgan fingerprint density at radius 1 is 1.35 bits per heavy atom. The van der Waals surface area contributed by atoms with Gasteiger partial charge in [-0.2, -0.15) is 0 Å². The van der Waals surface area contributed by atoms with Crippen LogP contribution in [0.25, 0.3) is 11.0 Å². The van der Waals surface area contributed by atoms with E-state index in [1.54, 1.807) is 12.1 Å². The normalized spacial score (nSPS) is 16.1. The summed E-state index contributed by atoms with van der Waals surface area (Å²) in [5.74, 6) is 1.72. The molecule has 1 aliphatic heterocycles. The molecule has 164 valence electrons. The van der Waals surface area contributed by atoms with Gasteiger partial charge in [0.05, 0.1) is 29.8 Å². The van der Waals surface area contributed by atoms with Gasteiger partial charge in [0, 0.05) is 17.9 Å². The smallest absolute Gasteiger partial charge is 0.255 e. The highest BCUT2D eigenvalue weighted by atomic mass is 35.5. The number of hydrogen-bond donors (Lipinski definition) is 2. The zero-order valence-electron chi connectivity index (χ0n) is 17.8. The standard InChI is InChI=1S/C23H26ClN3O4/c1-13(2)12-31-21-16(24)9-14(10-20(21)29-3)23(28)25-15-6-7-17-18(11-15)27-22(26-17)19-5-4-8-30-19/h6-7,9-11,13,19H,4-5,8,12H2,1-3H3,(H,25,28)(H,26,27). The molecular formula is C23H26ClN3O4. The lowest BCUT2D eigenvalue weighted by Crippen LogP contribution is -2.13. The highest BCUT2D eigenvalue weighted by Crippen LogP contribution is 2.37. The predicted molar refractivity (Wildman–Crippen MR) is 120 cm³/mol. The first-order chi connectivity index (χ1) is 14.9. The predicted octanol–water partition coefficient (Wildman–Crippen LogP) is 5.36. The lowest BCUT2D eigenvalue weighted by molar-refractivity contribution is 0.102. The SMILES string of the molecule is COc1cc(C(=O)Nc2ccc3nc(C4CCCO4)[nH]c3c2)cc(Cl)c1OCC(C)C. The van der Waals surface area contributed by atoms with Crippen molar-refractivity contribution in [1.82, 2.24) is 9.97 Å². The molecule has 0 radical (unpaired) electrons. The van der Waals surface area contributed by atoms with E-state index in [2.05, 4.69) is 15.3 Å². The van der Waals surface area contributed by atoms with Crippen LogP contribution in [0.1, 0.15) is 49.0 Å². The maximum absolute atomic E-state index is 12.9. The monoisotopic (exact) mass is 443 g/mol. The first-order valence-electron chi connectivity index (χ1n) is 10.4. The number of amides is 1. The number of nitrogens with zero attached hydrogens (tertiary/aromatic N) is 1. The molecule has 8 heteroatoms. The number of carbonyl (C=O) groups excluding carboxylic acids is 1. The van der Waals surface area contributed by atoms with Crippen molar-refractivity contribution in [3.05, 3.63) is 46.7 Å². The molecule has 2 aromatic carbocycles. The first kappa shape index (κ1) is 21.5. The number of methoxy groups -OCH3 is 1. The van der Waals surface area contributed by atoms with Crippen LogP contribution in [-0.4, -0.2) is 36.2 Å². The number of aromatic nitrogens is 2. The van der Waals surface area contributed by atoms with Crippen LogP contribution in [0, 0.1) is 5.92 Å². The van der Waals surface area contributed by atoms with E-state index in [0.29, 0.717) is 40.3 Å². The second-order valence-corrected chi connectivity index (χ2v) is 8.41. The number of carbonyl (C=O) groups is 1. The largest absolute Gasteiger partial charge is 0.493 e. The molecule has 1 aromatic heterocycles. The number of anilines is 1. The van der Waals surface area contributed by atoms with Gasteiger partial charge in [0.1, 0.15) is 11.9 Å². The molecule has 1 atom stereocenters. The third-order valence-electron chi connectivity index (χ3n) is 5.05. The van der Waals surface area contributed by atoms with Gasteiger partial charge in [0.15, 0.2) is 11.5 Å². The Balaban J connectivity index is 1.53. The van der Waals surface area contributed by atoms with Gasteiger partial charge in [0.2, 0.25) is 0 Å². The van der Waals surface area contributed by atoms with E-state index < -0.39 is 0 Å². The van der Waals surface area contributed by atoms with Gasteiger partial charge in [-0.15, -0.1) is 0 Å². The molecule has 31 heavy (non-hydrogen) atoms. The number of H-pyrrole nitrogens is 1. The number of aromatic amines is 1. The van der Waals surface area contributed by atoms with E-state index in [-0.39, 0.29) is 12.0 Å². The topological polar surface area (TPSA) is 85.5 Å². The Hall–Kier alpha value is -2.77. The van der Waals surface area contributed by atoms with Crippen LogP contribution in [0.15, 0.2) is 30.3 Å². The molecule has 1 amide bonds. The summed E-state index contributed by atoms with van der Waals surface area (Å²) in [5, 5.41) is 3.23. The van der Waals surface area contributed by atoms with Crippen LogP contribution in [0.4, 0.5) is 5.69 Å². The van der Waals surface area contributed by atoms with Crippen LogP contribution in [-0.2, 0) is 4.74 Å². The summed E-state index contributed by atoms with van der Waals surface area (Å²) in [5.41, 5.74) is 2.70. The van der Waals surface area contributed by atoms with Crippen molar-refractivity contribution in [2.24, 2.45) is 5.92 Å². The fourth-order valence-electron chi connectivity index (χ4n) is 3.50. The highest BCUT2D eigenvalue weighted by molar-refractivity contribution is 6.32.